The van der Waals surface area contributed by atoms with Gasteiger partial charge in [-0.15, -0.1) is 0 Å². The summed E-state index contributed by atoms with van der Waals surface area (Å²) >= 11 is 0. The lowest BCUT2D eigenvalue weighted by Crippen LogP contribution is -2.47. The van der Waals surface area contributed by atoms with E-state index in [1.807, 2.05) is 30.3 Å². The fourth-order valence-corrected chi connectivity index (χ4v) is 6.03. The van der Waals surface area contributed by atoms with Gasteiger partial charge < -0.3 is 19.0 Å². The summed E-state index contributed by atoms with van der Waals surface area (Å²) in [6.07, 6.45) is 14.8. The fraction of sp³-hybridized carbons (Fsp3) is 0.806. The van der Waals surface area contributed by atoms with Gasteiger partial charge in [-0.2, -0.15) is 0 Å². The van der Waals surface area contributed by atoms with Gasteiger partial charge in [0, 0.05) is 5.56 Å². The number of hydrogen-bond acceptors (Lipinski definition) is 4. The predicted octanol–water partition coefficient (Wildman–Crippen LogP) is 8.94. The van der Waals surface area contributed by atoms with Crippen LogP contribution in [-0.4, -0.2) is 38.3 Å². The molecule has 1 aliphatic heterocycles. The van der Waals surface area contributed by atoms with Crippen molar-refractivity contribution in [1.29, 1.82) is 0 Å². The van der Waals surface area contributed by atoms with Gasteiger partial charge in [-0.25, -0.2) is 0 Å². The molecule has 1 aromatic rings. The van der Waals surface area contributed by atoms with E-state index in [1.54, 1.807) is 0 Å². The van der Waals surface area contributed by atoms with Gasteiger partial charge in [0.05, 0.1) is 24.9 Å². The summed E-state index contributed by atoms with van der Waals surface area (Å²) in [5.74, 6) is 0. The van der Waals surface area contributed by atoms with Crippen LogP contribution in [0.15, 0.2) is 30.3 Å². The Kier molecular flexibility index (Phi) is 14.2. The molecule has 208 valence electrons. The van der Waals surface area contributed by atoms with Gasteiger partial charge in [0.25, 0.3) is 0 Å². The average Bonchev–Trinajstić information content (AvgIpc) is 3.32. The molecule has 4 nitrogen and oxygen atoms in total. The summed E-state index contributed by atoms with van der Waals surface area (Å²) in [4.78, 5) is 0. The van der Waals surface area contributed by atoms with E-state index >= 15 is 0 Å². The molecule has 0 amide bonds. The zero-order valence-corrected chi connectivity index (χ0v) is 25.3. The molecule has 0 spiro atoms. The fourth-order valence-electron chi connectivity index (χ4n) is 4.64. The topological polar surface area (TPSA) is 47.9 Å². The van der Waals surface area contributed by atoms with Crippen LogP contribution in [0.4, 0.5) is 0 Å². The van der Waals surface area contributed by atoms with E-state index in [2.05, 4.69) is 40.8 Å². The summed E-state index contributed by atoms with van der Waals surface area (Å²) in [5.41, 5.74) is 1.06. The highest BCUT2D eigenvalue weighted by molar-refractivity contribution is 6.74. The Morgan fingerprint density at radius 1 is 0.917 bits per heavy atom. The van der Waals surface area contributed by atoms with Crippen molar-refractivity contribution in [2.45, 2.75) is 154 Å². The molecule has 1 N–H and O–H groups in total. The minimum Gasteiger partial charge on any atom is -0.411 e. The third-order valence-electron chi connectivity index (χ3n) is 8.13. The lowest BCUT2D eigenvalue weighted by atomic mass is 10.00. The molecule has 0 unspecified atom stereocenters. The van der Waals surface area contributed by atoms with Crippen molar-refractivity contribution in [1.82, 2.24) is 0 Å². The molecular weight excluding hydrogens is 464 g/mol. The number of ether oxygens (including phenoxy) is 2. The van der Waals surface area contributed by atoms with E-state index in [0.717, 1.165) is 24.8 Å². The predicted molar refractivity (Wildman–Crippen MR) is 154 cm³/mol. The van der Waals surface area contributed by atoms with Gasteiger partial charge in [0.15, 0.2) is 14.6 Å². The highest BCUT2D eigenvalue weighted by atomic mass is 28.4. The monoisotopic (exact) mass is 520 g/mol. The number of benzene rings is 1. The molecule has 2 rings (SSSR count). The molecular formula is C31H56O4Si. The van der Waals surface area contributed by atoms with E-state index in [9.17, 15) is 5.11 Å². The zero-order valence-electron chi connectivity index (χ0n) is 24.3. The van der Waals surface area contributed by atoms with E-state index in [0.29, 0.717) is 13.0 Å². The summed E-state index contributed by atoms with van der Waals surface area (Å²) in [5, 5.41) is 11.4. The Labute approximate surface area is 223 Å². The summed E-state index contributed by atoms with van der Waals surface area (Å²) < 4.78 is 18.8. The van der Waals surface area contributed by atoms with Gasteiger partial charge in [0.2, 0.25) is 0 Å². The lowest BCUT2D eigenvalue weighted by molar-refractivity contribution is -0.0645. The maximum atomic E-state index is 11.2. The van der Waals surface area contributed by atoms with Crippen LogP contribution < -0.4 is 0 Å². The molecule has 1 aromatic carbocycles. The van der Waals surface area contributed by atoms with Crippen LogP contribution in [0.5, 0.6) is 0 Å². The van der Waals surface area contributed by atoms with Crippen LogP contribution in [0.3, 0.4) is 0 Å². The molecule has 0 saturated carbocycles. The number of rotatable bonds is 18. The first-order chi connectivity index (χ1) is 17.1. The van der Waals surface area contributed by atoms with Crippen LogP contribution in [0.1, 0.15) is 123 Å². The molecule has 36 heavy (non-hydrogen) atoms. The van der Waals surface area contributed by atoms with Crippen molar-refractivity contribution in [3.8, 4) is 0 Å². The summed E-state index contributed by atoms with van der Waals surface area (Å²) in [6.45, 7) is 14.3. The van der Waals surface area contributed by atoms with Gasteiger partial charge >= 0.3 is 0 Å². The van der Waals surface area contributed by atoms with Crippen molar-refractivity contribution < 1.29 is 19.0 Å². The van der Waals surface area contributed by atoms with Gasteiger partial charge in [0.1, 0.15) is 0 Å². The molecule has 0 bridgehead atoms. The van der Waals surface area contributed by atoms with Crippen LogP contribution >= 0.6 is 0 Å². The highest BCUT2D eigenvalue weighted by Gasteiger charge is 2.40. The van der Waals surface area contributed by atoms with E-state index in [1.165, 1.54) is 57.8 Å². The van der Waals surface area contributed by atoms with Crippen molar-refractivity contribution in [2.24, 2.45) is 0 Å². The highest BCUT2D eigenvalue weighted by Crippen LogP contribution is 2.38. The number of hydrogen-bond donors (Lipinski definition) is 1. The second-order valence-corrected chi connectivity index (χ2v) is 17.1. The molecule has 1 heterocycles. The Morgan fingerprint density at radius 3 is 2.08 bits per heavy atom. The van der Waals surface area contributed by atoms with Gasteiger partial charge in [-0.1, -0.05) is 122 Å². The Morgan fingerprint density at radius 2 is 1.50 bits per heavy atom. The second-order valence-electron chi connectivity index (χ2n) is 12.4. The Hall–Kier alpha value is -0.723. The van der Waals surface area contributed by atoms with Crippen LogP contribution in [0.2, 0.25) is 18.1 Å². The molecule has 0 aromatic heterocycles. The van der Waals surface area contributed by atoms with Crippen LogP contribution in [-0.2, 0) is 13.9 Å². The van der Waals surface area contributed by atoms with Crippen LogP contribution in [0.25, 0.3) is 0 Å². The summed E-state index contributed by atoms with van der Waals surface area (Å²) in [7, 11) is -1.96. The number of aliphatic hydroxyl groups is 1. The standard InChI is InChI=1S/C31H56O4Si/c1-7-8-9-10-11-12-13-14-15-19-22-29(35-36(5,6)31(2,3)4)28(32)24-23-27-25-33-30(34-27)26-20-17-16-18-21-26/h16-18,20-21,27-30,32H,7-15,19,22-25H2,1-6H3/t27-,28+,29+,30-/m0/s1. The molecule has 4 atom stereocenters. The second kappa shape index (κ2) is 16.3. The molecule has 0 radical (unpaired) electrons. The minimum atomic E-state index is -1.96. The number of unbranched alkanes of at least 4 members (excludes halogenated alkanes) is 9. The molecule has 0 aliphatic carbocycles. The molecule has 1 aliphatic rings. The van der Waals surface area contributed by atoms with E-state index in [-0.39, 0.29) is 23.5 Å². The van der Waals surface area contributed by atoms with Crippen molar-refractivity contribution in [3.05, 3.63) is 35.9 Å². The number of aliphatic hydroxyl groups excluding tert-OH is 1. The first kappa shape index (κ1) is 31.5. The lowest BCUT2D eigenvalue weighted by Gasteiger charge is -2.40. The van der Waals surface area contributed by atoms with Crippen LogP contribution in [0, 0.1) is 0 Å². The molecule has 1 fully saturated rings. The largest absolute Gasteiger partial charge is 0.411 e. The van der Waals surface area contributed by atoms with Crippen molar-refractivity contribution >= 4 is 8.32 Å². The van der Waals surface area contributed by atoms with Crippen molar-refractivity contribution in [3.63, 3.8) is 0 Å². The third-order valence-corrected chi connectivity index (χ3v) is 12.6. The minimum absolute atomic E-state index is 0.0238. The normalized spacial score (nSPS) is 20.5. The first-order valence-corrected chi connectivity index (χ1v) is 17.7. The SMILES string of the molecule is CCCCCCCCCCCC[C@@H](O[Si](C)(C)C(C)(C)C)[C@H](O)CC[C@H]1CO[C@H](c2ccccc2)O1. The molecule has 5 heteroatoms. The zero-order chi connectivity index (χ0) is 26.4. The average molecular weight is 521 g/mol. The quantitative estimate of drug-likeness (QED) is 0.155. The maximum absolute atomic E-state index is 11.2. The van der Waals surface area contributed by atoms with E-state index < -0.39 is 14.4 Å². The summed E-state index contributed by atoms with van der Waals surface area (Å²) in [6, 6.07) is 10.1. The molecule has 1 saturated heterocycles. The third kappa shape index (κ3) is 11.3. The van der Waals surface area contributed by atoms with Gasteiger partial charge in [-0.3, -0.25) is 0 Å². The first-order valence-electron chi connectivity index (χ1n) is 14.8. The smallest absolute Gasteiger partial charge is 0.192 e. The maximum Gasteiger partial charge on any atom is 0.192 e. The Balaban J connectivity index is 1.77. The Bertz CT molecular complexity index is 688. The van der Waals surface area contributed by atoms with Gasteiger partial charge in [-0.05, 0) is 37.4 Å². The van der Waals surface area contributed by atoms with E-state index in [4.69, 9.17) is 13.9 Å². The van der Waals surface area contributed by atoms with Crippen molar-refractivity contribution in [2.75, 3.05) is 6.61 Å².